The van der Waals surface area contributed by atoms with E-state index in [1.165, 1.54) is 5.56 Å². The van der Waals surface area contributed by atoms with E-state index in [0.29, 0.717) is 23.7 Å². The van der Waals surface area contributed by atoms with Crippen molar-refractivity contribution in [2.45, 2.75) is 65.8 Å². The van der Waals surface area contributed by atoms with E-state index < -0.39 is 0 Å². The van der Waals surface area contributed by atoms with Gasteiger partial charge in [-0.1, -0.05) is 40.7 Å². The molecule has 0 aliphatic rings. The maximum absolute atomic E-state index is 5.67. The average Bonchev–Trinajstić information content (AvgIpc) is 2.70. The van der Waals surface area contributed by atoms with E-state index in [0.717, 1.165) is 42.0 Å². The lowest BCUT2D eigenvalue weighted by molar-refractivity contribution is 0.396. The molecule has 1 N–H and O–H groups in total. The van der Waals surface area contributed by atoms with E-state index in [2.05, 4.69) is 58.1 Å². The Morgan fingerprint density at radius 2 is 1.70 bits per heavy atom. The van der Waals surface area contributed by atoms with Crippen molar-refractivity contribution >= 4 is 5.82 Å². The van der Waals surface area contributed by atoms with Crippen molar-refractivity contribution in [3.8, 4) is 22.9 Å². The highest BCUT2D eigenvalue weighted by molar-refractivity contribution is 5.71. The molecule has 0 spiro atoms. The van der Waals surface area contributed by atoms with Crippen LogP contribution in [0.3, 0.4) is 0 Å². The molecule has 148 valence electrons. The number of nitrogens with one attached hydrogen (secondary N) is 1. The summed E-state index contributed by atoms with van der Waals surface area (Å²) in [5.41, 5.74) is 3.93. The van der Waals surface area contributed by atoms with Gasteiger partial charge in [-0.3, -0.25) is 0 Å². The molecule has 0 bridgehead atoms. The van der Waals surface area contributed by atoms with E-state index in [-0.39, 0.29) is 0 Å². The highest BCUT2D eigenvalue weighted by atomic mass is 16.5. The average molecular weight is 372 g/mol. The van der Waals surface area contributed by atoms with E-state index in [1.54, 1.807) is 14.2 Å². The van der Waals surface area contributed by atoms with Crippen LogP contribution in [0.15, 0.2) is 18.2 Å². The summed E-state index contributed by atoms with van der Waals surface area (Å²) in [7, 11) is 3.33. The minimum Gasteiger partial charge on any atom is -0.496 e. The largest absolute Gasteiger partial charge is 0.496 e. The highest BCUT2D eigenvalue weighted by Crippen LogP contribution is 2.36. The monoisotopic (exact) mass is 371 g/mol. The summed E-state index contributed by atoms with van der Waals surface area (Å²) in [5.74, 6) is 2.48. The predicted octanol–water partition coefficient (Wildman–Crippen LogP) is 5.45. The van der Waals surface area contributed by atoms with Crippen molar-refractivity contribution in [1.29, 1.82) is 0 Å². The van der Waals surface area contributed by atoms with Crippen LogP contribution < -0.4 is 14.8 Å². The fourth-order valence-electron chi connectivity index (χ4n) is 3.10. The highest BCUT2D eigenvalue weighted by Gasteiger charge is 2.19. The van der Waals surface area contributed by atoms with Gasteiger partial charge in [0, 0.05) is 11.6 Å². The van der Waals surface area contributed by atoms with Crippen LogP contribution in [-0.2, 0) is 6.42 Å². The van der Waals surface area contributed by atoms with Crippen molar-refractivity contribution in [3.63, 3.8) is 0 Å². The van der Waals surface area contributed by atoms with Gasteiger partial charge in [0.15, 0.2) is 5.82 Å². The maximum Gasteiger partial charge on any atom is 0.257 e. The van der Waals surface area contributed by atoms with Gasteiger partial charge in [0.1, 0.15) is 5.75 Å². The number of ether oxygens (including phenoxy) is 2. The molecule has 0 aliphatic heterocycles. The van der Waals surface area contributed by atoms with E-state index in [9.17, 15) is 0 Å². The Kier molecular flexibility index (Phi) is 7.45. The minimum atomic E-state index is 0.351. The maximum atomic E-state index is 5.67. The first-order valence-electron chi connectivity index (χ1n) is 9.88. The number of hydrogen-bond donors (Lipinski definition) is 1. The Morgan fingerprint density at radius 3 is 2.22 bits per heavy atom. The molecule has 2 aromatic rings. The molecule has 0 saturated heterocycles. The molecule has 0 unspecified atom stereocenters. The van der Waals surface area contributed by atoms with Crippen LogP contribution in [0.25, 0.3) is 11.3 Å². The van der Waals surface area contributed by atoms with Crippen LogP contribution in [0.5, 0.6) is 11.6 Å². The Bertz CT molecular complexity index is 755. The molecule has 2 rings (SSSR count). The summed E-state index contributed by atoms with van der Waals surface area (Å²) in [4.78, 5) is 9.66. The van der Waals surface area contributed by atoms with Crippen molar-refractivity contribution in [3.05, 3.63) is 29.5 Å². The van der Waals surface area contributed by atoms with Gasteiger partial charge >= 0.3 is 0 Å². The molecule has 0 aliphatic carbocycles. The van der Waals surface area contributed by atoms with Crippen LogP contribution >= 0.6 is 0 Å². The molecule has 0 fully saturated rings. The fraction of sp³-hybridized carbons (Fsp3) is 0.545. The molecule has 0 saturated carbocycles. The van der Waals surface area contributed by atoms with Crippen molar-refractivity contribution in [2.24, 2.45) is 0 Å². The molecule has 1 aromatic carbocycles. The number of methoxy groups -OCH3 is 2. The topological polar surface area (TPSA) is 56.3 Å². The van der Waals surface area contributed by atoms with E-state index in [4.69, 9.17) is 19.4 Å². The van der Waals surface area contributed by atoms with E-state index in [1.807, 2.05) is 0 Å². The third-order valence-corrected chi connectivity index (χ3v) is 4.94. The lowest BCUT2D eigenvalue weighted by atomic mass is 9.98. The number of rotatable bonds is 9. The van der Waals surface area contributed by atoms with Crippen LogP contribution in [-0.4, -0.2) is 30.2 Å². The Hall–Kier alpha value is -2.30. The summed E-state index contributed by atoms with van der Waals surface area (Å²) in [6.45, 7) is 10.8. The van der Waals surface area contributed by atoms with Crippen molar-refractivity contribution < 1.29 is 9.47 Å². The summed E-state index contributed by atoms with van der Waals surface area (Å²) >= 11 is 0. The molecule has 1 heterocycles. The summed E-state index contributed by atoms with van der Waals surface area (Å²) in [6.07, 6.45) is 2.82. The smallest absolute Gasteiger partial charge is 0.257 e. The van der Waals surface area contributed by atoms with Crippen LogP contribution in [0.4, 0.5) is 5.82 Å². The molecular weight excluding hydrogens is 338 g/mol. The Morgan fingerprint density at radius 1 is 1.00 bits per heavy atom. The Balaban J connectivity index is 2.57. The van der Waals surface area contributed by atoms with Gasteiger partial charge in [-0.2, -0.15) is 0 Å². The molecule has 5 heteroatoms. The third kappa shape index (κ3) is 4.71. The van der Waals surface area contributed by atoms with Crippen molar-refractivity contribution in [1.82, 2.24) is 9.97 Å². The van der Waals surface area contributed by atoms with Gasteiger partial charge in [0.05, 0.1) is 25.6 Å². The lowest BCUT2D eigenvalue weighted by Crippen LogP contribution is -2.19. The molecule has 27 heavy (non-hydrogen) atoms. The molecule has 1 aromatic heterocycles. The second-order valence-corrected chi connectivity index (χ2v) is 7.00. The number of hydrogen-bond acceptors (Lipinski definition) is 5. The normalized spacial score (nSPS) is 11.1. The first-order chi connectivity index (χ1) is 13.0. The van der Waals surface area contributed by atoms with Crippen LogP contribution in [0.1, 0.15) is 64.6 Å². The zero-order valence-corrected chi connectivity index (χ0v) is 17.7. The quantitative estimate of drug-likeness (QED) is 0.635. The fourth-order valence-corrected chi connectivity index (χ4v) is 3.10. The van der Waals surface area contributed by atoms with Gasteiger partial charge in [-0.05, 0) is 42.9 Å². The van der Waals surface area contributed by atoms with Gasteiger partial charge in [-0.15, -0.1) is 0 Å². The zero-order valence-electron chi connectivity index (χ0n) is 17.7. The zero-order chi connectivity index (χ0) is 20.0. The van der Waals surface area contributed by atoms with Gasteiger partial charge in [0.25, 0.3) is 5.88 Å². The first-order valence-corrected chi connectivity index (χ1v) is 9.88. The van der Waals surface area contributed by atoms with E-state index >= 15 is 0 Å². The second kappa shape index (κ2) is 9.58. The second-order valence-electron chi connectivity index (χ2n) is 7.00. The first kappa shape index (κ1) is 21.0. The predicted molar refractivity (Wildman–Crippen MR) is 112 cm³/mol. The number of anilines is 1. The molecule has 0 atom stereocenters. The summed E-state index contributed by atoms with van der Waals surface area (Å²) < 4.78 is 11.2. The number of aromatic nitrogens is 2. The number of nitrogens with zero attached hydrogens (tertiary/aromatic N) is 2. The van der Waals surface area contributed by atoms with Crippen LogP contribution in [0, 0.1) is 0 Å². The molecule has 0 radical (unpaired) electrons. The van der Waals surface area contributed by atoms with Crippen molar-refractivity contribution in [2.75, 3.05) is 19.5 Å². The third-order valence-electron chi connectivity index (χ3n) is 4.94. The summed E-state index contributed by atoms with van der Waals surface area (Å²) in [5, 5.41) is 3.47. The molecular formula is C22H33N3O2. The van der Waals surface area contributed by atoms with Crippen LogP contribution in [0.2, 0.25) is 0 Å². The SMILES string of the molecule is CCc1nc(NC(CC)CC)c(OC)nc1-c1ccc(C(C)C)cc1OC. The summed E-state index contributed by atoms with van der Waals surface area (Å²) in [6, 6.07) is 6.64. The Labute approximate surface area is 163 Å². The minimum absolute atomic E-state index is 0.351. The molecule has 0 amide bonds. The number of benzene rings is 1. The number of aryl methyl sites for hydroxylation is 1. The van der Waals surface area contributed by atoms with Gasteiger partial charge < -0.3 is 14.8 Å². The standard InChI is InChI=1S/C22H33N3O2/c1-8-16(9-2)23-21-22(27-7)25-20(18(10-3)24-21)17-12-11-15(14(4)5)13-19(17)26-6/h11-14,16H,8-10H2,1-7H3,(H,23,24). The molecule has 5 nitrogen and oxygen atoms in total. The van der Waals surface area contributed by atoms with Gasteiger partial charge in [0.2, 0.25) is 0 Å². The lowest BCUT2D eigenvalue weighted by Gasteiger charge is -2.20. The van der Waals surface area contributed by atoms with Gasteiger partial charge in [-0.25, -0.2) is 9.97 Å².